The van der Waals surface area contributed by atoms with E-state index in [0.29, 0.717) is 5.75 Å². The highest BCUT2D eigenvalue weighted by Gasteiger charge is 2.26. The van der Waals surface area contributed by atoms with E-state index in [0.717, 1.165) is 19.3 Å². The number of nitro groups is 1. The van der Waals surface area contributed by atoms with E-state index in [1.54, 1.807) is 12.1 Å². The average molecular weight is 247 g/mol. The third-order valence-electron chi connectivity index (χ3n) is 3.08. The van der Waals surface area contributed by atoms with Gasteiger partial charge in [-0.3, -0.25) is 10.1 Å². The van der Waals surface area contributed by atoms with Gasteiger partial charge in [0, 0.05) is 6.04 Å². The first-order chi connectivity index (χ1) is 8.61. The fourth-order valence-electron chi connectivity index (χ4n) is 2.11. The Morgan fingerprint density at radius 3 is 2.83 bits per heavy atom. The lowest BCUT2D eigenvalue weighted by atomic mass is 10.2. The lowest BCUT2D eigenvalue weighted by Crippen LogP contribution is -2.33. The van der Waals surface area contributed by atoms with Crippen molar-refractivity contribution in [3.63, 3.8) is 0 Å². The predicted molar refractivity (Wildman–Crippen MR) is 64.1 cm³/mol. The van der Waals surface area contributed by atoms with Gasteiger partial charge in [-0.05, 0) is 31.4 Å². The normalized spacial score (nSPS) is 22.4. The Kier molecular flexibility index (Phi) is 3.44. The first kappa shape index (κ1) is 12.3. The van der Waals surface area contributed by atoms with Gasteiger partial charge in [-0.15, -0.1) is 0 Å². The predicted octanol–water partition coefficient (Wildman–Crippen LogP) is 1.73. The van der Waals surface area contributed by atoms with Gasteiger partial charge >= 0.3 is 0 Å². The smallest absolute Gasteiger partial charge is 0.290 e. The molecule has 0 radical (unpaired) electrons. The Bertz CT molecular complexity index is 510. The molecule has 94 valence electrons. The Balaban J connectivity index is 2.22. The third kappa shape index (κ3) is 2.41. The molecule has 1 saturated carbocycles. The molecule has 2 atom stereocenters. The van der Waals surface area contributed by atoms with Crippen LogP contribution in [0, 0.1) is 21.4 Å². The summed E-state index contributed by atoms with van der Waals surface area (Å²) in [7, 11) is 0. The van der Waals surface area contributed by atoms with Gasteiger partial charge in [0.05, 0.1) is 11.0 Å². The van der Waals surface area contributed by atoms with E-state index in [1.807, 2.05) is 0 Å². The van der Waals surface area contributed by atoms with Crippen LogP contribution in [0.4, 0.5) is 5.69 Å². The standard InChI is InChI=1S/C12H13N3O3/c13-7-8-4-5-9(6-11(8)15(16)17)18-12-3-1-2-10(12)14/h4-6,10,12H,1-3,14H2. The molecule has 1 aliphatic carbocycles. The number of rotatable bonds is 3. The molecular formula is C12H13N3O3. The zero-order valence-corrected chi connectivity index (χ0v) is 9.70. The molecule has 2 N–H and O–H groups in total. The maximum Gasteiger partial charge on any atom is 0.290 e. The highest BCUT2D eigenvalue weighted by Crippen LogP contribution is 2.28. The van der Waals surface area contributed by atoms with Crippen LogP contribution in [0.1, 0.15) is 24.8 Å². The van der Waals surface area contributed by atoms with Crippen molar-refractivity contribution in [1.82, 2.24) is 0 Å². The number of ether oxygens (including phenoxy) is 1. The van der Waals surface area contributed by atoms with Crippen molar-refractivity contribution in [2.24, 2.45) is 5.73 Å². The Labute approximate surface area is 104 Å². The summed E-state index contributed by atoms with van der Waals surface area (Å²) in [5, 5.41) is 19.6. The van der Waals surface area contributed by atoms with Gasteiger partial charge in [0.1, 0.15) is 23.5 Å². The van der Waals surface area contributed by atoms with Crippen molar-refractivity contribution in [3.05, 3.63) is 33.9 Å². The lowest BCUT2D eigenvalue weighted by molar-refractivity contribution is -0.385. The van der Waals surface area contributed by atoms with E-state index in [1.165, 1.54) is 12.1 Å². The van der Waals surface area contributed by atoms with Crippen molar-refractivity contribution in [1.29, 1.82) is 5.26 Å². The lowest BCUT2D eigenvalue weighted by Gasteiger charge is -2.17. The minimum absolute atomic E-state index is 0.0281. The van der Waals surface area contributed by atoms with Crippen LogP contribution < -0.4 is 10.5 Å². The van der Waals surface area contributed by atoms with Crippen LogP contribution in [0.25, 0.3) is 0 Å². The Hall–Kier alpha value is -2.13. The fourth-order valence-corrected chi connectivity index (χ4v) is 2.11. The zero-order chi connectivity index (χ0) is 13.1. The number of nitriles is 1. The van der Waals surface area contributed by atoms with Gasteiger partial charge in [0.15, 0.2) is 0 Å². The summed E-state index contributed by atoms with van der Waals surface area (Å²) in [5.74, 6) is 0.392. The summed E-state index contributed by atoms with van der Waals surface area (Å²) in [6, 6.07) is 6.00. The van der Waals surface area contributed by atoms with E-state index >= 15 is 0 Å². The van der Waals surface area contributed by atoms with Crippen molar-refractivity contribution >= 4 is 5.69 Å². The number of nitrogens with zero attached hydrogens (tertiary/aromatic N) is 2. The quantitative estimate of drug-likeness (QED) is 0.647. The van der Waals surface area contributed by atoms with Crippen molar-refractivity contribution < 1.29 is 9.66 Å². The number of nitro benzene ring substituents is 1. The first-order valence-corrected chi connectivity index (χ1v) is 5.72. The SMILES string of the molecule is N#Cc1ccc(OC2CCCC2N)cc1[N+](=O)[O-]. The summed E-state index contributed by atoms with van der Waals surface area (Å²) >= 11 is 0. The highest BCUT2D eigenvalue weighted by atomic mass is 16.6. The molecule has 6 heteroatoms. The largest absolute Gasteiger partial charge is 0.489 e. The second kappa shape index (κ2) is 5.02. The summed E-state index contributed by atoms with van der Waals surface area (Å²) in [6.07, 6.45) is 2.67. The van der Waals surface area contributed by atoms with Crippen LogP contribution in [0.3, 0.4) is 0 Å². The van der Waals surface area contributed by atoms with Gasteiger partial charge in [-0.25, -0.2) is 0 Å². The number of nitrogens with two attached hydrogens (primary N) is 1. The molecule has 0 bridgehead atoms. The van der Waals surface area contributed by atoms with Crippen LogP contribution in [-0.4, -0.2) is 17.1 Å². The van der Waals surface area contributed by atoms with E-state index in [-0.39, 0.29) is 23.4 Å². The second-order valence-corrected chi connectivity index (χ2v) is 4.30. The molecule has 0 spiro atoms. The molecule has 18 heavy (non-hydrogen) atoms. The summed E-state index contributed by atoms with van der Waals surface area (Å²) in [5.41, 5.74) is 5.67. The number of hydrogen-bond acceptors (Lipinski definition) is 5. The molecule has 1 fully saturated rings. The molecular weight excluding hydrogens is 234 g/mol. The molecule has 2 rings (SSSR count). The summed E-state index contributed by atoms with van der Waals surface area (Å²) in [4.78, 5) is 10.2. The van der Waals surface area contributed by atoms with Crippen LogP contribution >= 0.6 is 0 Å². The molecule has 0 amide bonds. The van der Waals surface area contributed by atoms with Gasteiger partial charge in [0.2, 0.25) is 0 Å². The van der Waals surface area contributed by atoms with Gasteiger partial charge in [0.25, 0.3) is 5.69 Å². The number of hydrogen-bond donors (Lipinski definition) is 1. The van der Waals surface area contributed by atoms with Crippen LogP contribution in [0.5, 0.6) is 5.75 Å². The molecule has 2 unspecified atom stereocenters. The van der Waals surface area contributed by atoms with E-state index in [2.05, 4.69) is 0 Å². The molecule has 6 nitrogen and oxygen atoms in total. The molecule has 0 saturated heterocycles. The van der Waals surface area contributed by atoms with E-state index in [9.17, 15) is 10.1 Å². The van der Waals surface area contributed by atoms with E-state index < -0.39 is 4.92 Å². The topological polar surface area (TPSA) is 102 Å². The third-order valence-corrected chi connectivity index (χ3v) is 3.08. The number of benzene rings is 1. The van der Waals surface area contributed by atoms with Crippen LogP contribution in [0.15, 0.2) is 18.2 Å². The summed E-state index contributed by atoms with van der Waals surface area (Å²) in [6.45, 7) is 0. The highest BCUT2D eigenvalue weighted by molar-refractivity contribution is 5.52. The minimum atomic E-state index is -0.583. The van der Waals surface area contributed by atoms with Crippen molar-refractivity contribution in [3.8, 4) is 11.8 Å². The van der Waals surface area contributed by atoms with Gasteiger partial charge in [-0.1, -0.05) is 0 Å². The zero-order valence-electron chi connectivity index (χ0n) is 9.70. The van der Waals surface area contributed by atoms with Crippen molar-refractivity contribution in [2.75, 3.05) is 0 Å². The van der Waals surface area contributed by atoms with Gasteiger partial charge in [-0.2, -0.15) is 5.26 Å². The monoisotopic (exact) mass is 247 g/mol. The molecule has 1 aromatic rings. The van der Waals surface area contributed by atoms with E-state index in [4.69, 9.17) is 15.7 Å². The summed E-state index contributed by atoms with van der Waals surface area (Å²) < 4.78 is 5.64. The molecule has 0 heterocycles. The van der Waals surface area contributed by atoms with Crippen LogP contribution in [0.2, 0.25) is 0 Å². The molecule has 1 aromatic carbocycles. The molecule has 0 aromatic heterocycles. The molecule has 1 aliphatic rings. The Morgan fingerprint density at radius 2 is 2.28 bits per heavy atom. The second-order valence-electron chi connectivity index (χ2n) is 4.30. The van der Waals surface area contributed by atoms with Crippen molar-refractivity contribution in [2.45, 2.75) is 31.4 Å². The maximum absolute atomic E-state index is 10.8. The Morgan fingerprint density at radius 1 is 1.50 bits per heavy atom. The minimum Gasteiger partial charge on any atom is -0.489 e. The van der Waals surface area contributed by atoms with Crippen LogP contribution in [-0.2, 0) is 0 Å². The fraction of sp³-hybridized carbons (Fsp3) is 0.417. The molecule has 0 aliphatic heterocycles. The first-order valence-electron chi connectivity index (χ1n) is 5.72. The average Bonchev–Trinajstić information content (AvgIpc) is 2.75. The van der Waals surface area contributed by atoms with Gasteiger partial charge < -0.3 is 10.5 Å². The maximum atomic E-state index is 10.8.